The largest absolute Gasteiger partial charge is 0.493 e. The highest BCUT2D eigenvalue weighted by Gasteiger charge is 2.49. The number of piperidine rings is 1. The number of rotatable bonds is 8. The summed E-state index contributed by atoms with van der Waals surface area (Å²) in [6.07, 6.45) is 7.01. The summed E-state index contributed by atoms with van der Waals surface area (Å²) in [5.41, 5.74) is 1.94. The number of carboxylic acid groups (broad SMARTS) is 1. The van der Waals surface area contributed by atoms with Gasteiger partial charge in [0.15, 0.2) is 0 Å². The van der Waals surface area contributed by atoms with Gasteiger partial charge in [0.1, 0.15) is 17.6 Å². The van der Waals surface area contributed by atoms with Crippen molar-refractivity contribution in [3.05, 3.63) is 62.9 Å². The first-order valence-corrected chi connectivity index (χ1v) is 15.7. The molecule has 4 fully saturated rings. The number of fused-ring (bicyclic) bond motifs is 1. The number of hydrogen-bond acceptors (Lipinski definition) is 4. The van der Waals surface area contributed by atoms with Crippen LogP contribution in [0.1, 0.15) is 91.7 Å². The van der Waals surface area contributed by atoms with Crippen molar-refractivity contribution >= 4 is 35.1 Å². The van der Waals surface area contributed by atoms with Crippen LogP contribution >= 0.6 is 23.2 Å². The summed E-state index contributed by atoms with van der Waals surface area (Å²) < 4.78 is 21.8. The Hall–Kier alpha value is -2.35. The van der Waals surface area contributed by atoms with Crippen molar-refractivity contribution in [2.24, 2.45) is 11.8 Å². The van der Waals surface area contributed by atoms with Gasteiger partial charge in [0.05, 0.1) is 12.2 Å². The van der Waals surface area contributed by atoms with E-state index in [2.05, 4.69) is 11.8 Å². The zero-order valence-electron chi connectivity index (χ0n) is 23.3. The number of benzene rings is 2. The smallest absolute Gasteiger partial charge is 0.326 e. The molecule has 2 aliphatic carbocycles. The summed E-state index contributed by atoms with van der Waals surface area (Å²) in [5, 5.41) is 11.1. The molecule has 2 aromatic rings. The number of halogens is 3. The number of aliphatic carboxylic acids is 1. The number of carbonyl (C=O) groups excluding carboxylic acids is 1. The minimum atomic E-state index is -1.01. The number of hydrogen-bond donors (Lipinski definition) is 1. The highest BCUT2D eigenvalue weighted by molar-refractivity contribution is 6.34. The second kappa shape index (κ2) is 11.7. The van der Waals surface area contributed by atoms with Gasteiger partial charge >= 0.3 is 5.97 Å². The Labute approximate surface area is 250 Å². The van der Waals surface area contributed by atoms with Crippen LogP contribution in [0.3, 0.4) is 0 Å². The SMILES string of the molecule is C[C@@H](c1cc(Cl)cc(Cl)c1)N1CCC(COc2cc(F)c(C(=O)N3C(C(=O)O)CC4CCCC43)cc2C2CC2)CC1. The van der Waals surface area contributed by atoms with E-state index in [9.17, 15) is 14.7 Å². The molecule has 0 bridgehead atoms. The van der Waals surface area contributed by atoms with Crippen LogP contribution in [-0.2, 0) is 4.79 Å². The van der Waals surface area contributed by atoms with Gasteiger partial charge in [0.2, 0.25) is 0 Å². The predicted molar refractivity (Wildman–Crippen MR) is 156 cm³/mol. The molecule has 41 heavy (non-hydrogen) atoms. The van der Waals surface area contributed by atoms with E-state index in [-0.39, 0.29) is 29.5 Å². The number of likely N-dealkylation sites (tertiary alicyclic amines) is 2. The lowest BCUT2D eigenvalue weighted by Crippen LogP contribution is -2.45. The molecule has 3 unspecified atom stereocenters. The minimum Gasteiger partial charge on any atom is -0.493 e. The van der Waals surface area contributed by atoms with Crippen molar-refractivity contribution in [2.75, 3.05) is 19.7 Å². The molecule has 0 spiro atoms. The molecule has 220 valence electrons. The lowest BCUT2D eigenvalue weighted by molar-refractivity contribution is -0.141. The lowest BCUT2D eigenvalue weighted by Gasteiger charge is -2.36. The Kier molecular flexibility index (Phi) is 8.23. The lowest BCUT2D eigenvalue weighted by atomic mass is 9.95. The van der Waals surface area contributed by atoms with E-state index in [0.29, 0.717) is 34.7 Å². The van der Waals surface area contributed by atoms with Gasteiger partial charge in [-0.3, -0.25) is 9.69 Å². The van der Waals surface area contributed by atoms with Gasteiger partial charge < -0.3 is 14.7 Å². The summed E-state index contributed by atoms with van der Waals surface area (Å²) in [5.74, 6) is -0.848. The van der Waals surface area contributed by atoms with Gasteiger partial charge in [-0.05, 0) is 118 Å². The first-order valence-electron chi connectivity index (χ1n) is 14.9. The predicted octanol–water partition coefficient (Wildman–Crippen LogP) is 7.33. The highest BCUT2D eigenvalue weighted by Crippen LogP contribution is 2.47. The topological polar surface area (TPSA) is 70.1 Å². The van der Waals surface area contributed by atoms with Crippen LogP contribution in [0.4, 0.5) is 4.39 Å². The summed E-state index contributed by atoms with van der Waals surface area (Å²) in [6, 6.07) is 7.87. The van der Waals surface area contributed by atoms with E-state index >= 15 is 4.39 Å². The third kappa shape index (κ3) is 5.95. The maximum absolute atomic E-state index is 15.5. The van der Waals surface area contributed by atoms with Crippen molar-refractivity contribution in [1.29, 1.82) is 0 Å². The molecule has 1 amide bonds. The Bertz CT molecular complexity index is 1310. The van der Waals surface area contributed by atoms with Crippen LogP contribution in [0.5, 0.6) is 5.75 Å². The van der Waals surface area contributed by atoms with E-state index in [1.807, 2.05) is 12.1 Å². The Morgan fingerprint density at radius 3 is 2.39 bits per heavy atom. The van der Waals surface area contributed by atoms with Crippen molar-refractivity contribution < 1.29 is 23.8 Å². The van der Waals surface area contributed by atoms with Crippen molar-refractivity contribution in [3.8, 4) is 5.75 Å². The van der Waals surface area contributed by atoms with Gasteiger partial charge in [-0.25, -0.2) is 9.18 Å². The molecule has 9 heteroatoms. The molecule has 2 saturated carbocycles. The van der Waals surface area contributed by atoms with Crippen LogP contribution in [0.2, 0.25) is 10.0 Å². The Morgan fingerprint density at radius 1 is 1.02 bits per heavy atom. The quantitative estimate of drug-likeness (QED) is 0.342. The molecule has 6 rings (SSSR count). The van der Waals surface area contributed by atoms with E-state index < -0.39 is 23.7 Å². The molecule has 6 nitrogen and oxygen atoms in total. The molecule has 4 aliphatic rings. The summed E-state index contributed by atoms with van der Waals surface area (Å²) in [4.78, 5) is 29.5. The van der Waals surface area contributed by atoms with E-state index in [1.54, 1.807) is 12.1 Å². The molecule has 4 atom stereocenters. The normalized spacial score (nSPS) is 25.8. The van der Waals surface area contributed by atoms with Gasteiger partial charge in [-0.2, -0.15) is 0 Å². The second-order valence-electron chi connectivity index (χ2n) is 12.4. The van der Waals surface area contributed by atoms with Crippen molar-refractivity contribution in [3.63, 3.8) is 0 Å². The zero-order valence-corrected chi connectivity index (χ0v) is 24.8. The first kappa shape index (κ1) is 28.8. The van der Waals surface area contributed by atoms with Crippen molar-refractivity contribution in [2.45, 2.75) is 82.3 Å². The molecular weight excluding hydrogens is 566 g/mol. The Balaban J connectivity index is 1.12. The van der Waals surface area contributed by atoms with E-state index in [4.69, 9.17) is 27.9 Å². The maximum atomic E-state index is 15.5. The fourth-order valence-electron chi connectivity index (χ4n) is 7.26. The molecule has 0 aromatic heterocycles. The average Bonchev–Trinajstić information content (AvgIpc) is 3.57. The van der Waals surface area contributed by atoms with Crippen LogP contribution in [0, 0.1) is 17.7 Å². The molecule has 0 radical (unpaired) electrons. The standard InChI is InChI=1S/C32H37Cl2FN2O4/c1-18(22-11-23(33)14-24(34)12-22)36-9-7-19(8-10-36)17-41-30-16-27(35)26(15-25(30)20-5-6-20)31(38)37-28-4-2-3-21(28)13-29(37)32(39)40/h11-12,14-16,18-21,28-29H,2-10,13,17H2,1H3,(H,39,40)/t18-,21?,28?,29?/m0/s1. The molecule has 2 heterocycles. The summed E-state index contributed by atoms with van der Waals surface area (Å²) in [7, 11) is 0. The van der Waals surface area contributed by atoms with Crippen molar-refractivity contribution in [1.82, 2.24) is 9.80 Å². The summed E-state index contributed by atoms with van der Waals surface area (Å²) in [6.45, 7) is 4.49. The molecule has 1 N–H and O–H groups in total. The Morgan fingerprint density at radius 2 is 1.73 bits per heavy atom. The molecule has 2 saturated heterocycles. The van der Waals surface area contributed by atoms with Crippen LogP contribution in [0.15, 0.2) is 30.3 Å². The maximum Gasteiger partial charge on any atom is 0.326 e. The second-order valence-corrected chi connectivity index (χ2v) is 13.2. The van der Waals surface area contributed by atoms with E-state index in [0.717, 1.165) is 69.2 Å². The molecule has 2 aliphatic heterocycles. The number of amides is 1. The van der Waals surface area contributed by atoms with Gasteiger partial charge in [-0.1, -0.05) is 29.6 Å². The van der Waals surface area contributed by atoms with Gasteiger partial charge in [0, 0.05) is 28.2 Å². The fraction of sp³-hybridized carbons (Fsp3) is 0.562. The van der Waals surface area contributed by atoms with Crippen LogP contribution in [-0.4, -0.2) is 58.6 Å². The number of ether oxygens (including phenoxy) is 1. The average molecular weight is 604 g/mol. The monoisotopic (exact) mass is 602 g/mol. The first-order chi connectivity index (χ1) is 19.7. The minimum absolute atomic E-state index is 0.0264. The van der Waals surface area contributed by atoms with Crippen LogP contribution < -0.4 is 4.74 Å². The summed E-state index contributed by atoms with van der Waals surface area (Å²) >= 11 is 12.4. The third-order valence-electron chi connectivity index (χ3n) is 9.74. The zero-order chi connectivity index (χ0) is 28.8. The highest BCUT2D eigenvalue weighted by atomic mass is 35.5. The van der Waals surface area contributed by atoms with Gasteiger partial charge in [-0.15, -0.1) is 0 Å². The van der Waals surface area contributed by atoms with E-state index in [1.165, 1.54) is 11.0 Å². The fourth-order valence-corrected chi connectivity index (χ4v) is 7.80. The molecule has 2 aromatic carbocycles. The number of nitrogens with zero attached hydrogens (tertiary/aromatic N) is 2. The third-order valence-corrected chi connectivity index (χ3v) is 10.2. The van der Waals surface area contributed by atoms with Gasteiger partial charge in [0.25, 0.3) is 5.91 Å². The van der Waals surface area contributed by atoms with Crippen LogP contribution in [0.25, 0.3) is 0 Å². The molecular formula is C32H37Cl2FN2O4. The number of carbonyl (C=O) groups is 2. The number of carboxylic acids is 1.